The Morgan fingerprint density at radius 2 is 1.84 bits per heavy atom. The summed E-state index contributed by atoms with van der Waals surface area (Å²) in [6, 6.07) is -0.781. The zero-order valence-electron chi connectivity index (χ0n) is 12.5. The molecular formula is C14H25NO4. The molecule has 1 saturated heterocycles. The highest BCUT2D eigenvalue weighted by molar-refractivity contribution is 5.80. The van der Waals surface area contributed by atoms with E-state index in [0.29, 0.717) is 13.0 Å². The fourth-order valence-corrected chi connectivity index (χ4v) is 2.18. The maximum absolute atomic E-state index is 12.1. The van der Waals surface area contributed by atoms with Crippen LogP contribution in [0.2, 0.25) is 0 Å². The van der Waals surface area contributed by atoms with Crippen LogP contribution in [0.3, 0.4) is 0 Å². The summed E-state index contributed by atoms with van der Waals surface area (Å²) in [5.74, 6) is -0.955. The average Bonchev–Trinajstić information content (AvgIpc) is 2.33. The summed E-state index contributed by atoms with van der Waals surface area (Å²) >= 11 is 0. The van der Waals surface area contributed by atoms with Crippen LogP contribution in [-0.4, -0.2) is 40.3 Å². The molecular weight excluding hydrogens is 246 g/mol. The van der Waals surface area contributed by atoms with Crippen LogP contribution < -0.4 is 0 Å². The molecule has 0 aliphatic carbocycles. The maximum Gasteiger partial charge on any atom is 0.411 e. The predicted octanol–water partition coefficient (Wildman–Crippen LogP) is 2.89. The number of rotatable bonds is 1. The van der Waals surface area contributed by atoms with Gasteiger partial charge in [-0.1, -0.05) is 13.8 Å². The van der Waals surface area contributed by atoms with Gasteiger partial charge in [0.05, 0.1) is 0 Å². The molecule has 0 radical (unpaired) electrons. The van der Waals surface area contributed by atoms with Gasteiger partial charge in [-0.25, -0.2) is 9.59 Å². The van der Waals surface area contributed by atoms with Gasteiger partial charge in [0.25, 0.3) is 0 Å². The van der Waals surface area contributed by atoms with Gasteiger partial charge in [-0.15, -0.1) is 0 Å². The number of carboxylic acids is 1. The normalized spacial score (nSPS) is 23.6. The van der Waals surface area contributed by atoms with Crippen molar-refractivity contribution < 1.29 is 19.4 Å². The molecule has 1 fully saturated rings. The fraction of sp³-hybridized carbons (Fsp3) is 0.857. The summed E-state index contributed by atoms with van der Waals surface area (Å²) in [5.41, 5.74) is -0.549. The topological polar surface area (TPSA) is 66.8 Å². The Bertz CT molecular complexity index is 357. The molecule has 1 aliphatic rings. The van der Waals surface area contributed by atoms with Gasteiger partial charge in [-0.05, 0) is 45.4 Å². The van der Waals surface area contributed by atoms with Gasteiger partial charge in [-0.3, -0.25) is 4.90 Å². The van der Waals surface area contributed by atoms with E-state index in [1.54, 1.807) is 20.8 Å². The van der Waals surface area contributed by atoms with E-state index in [2.05, 4.69) is 13.8 Å². The number of aliphatic carboxylic acids is 1. The fourth-order valence-electron chi connectivity index (χ4n) is 2.18. The molecule has 0 spiro atoms. The lowest BCUT2D eigenvalue weighted by Crippen LogP contribution is -2.46. The lowest BCUT2D eigenvalue weighted by molar-refractivity contribution is -0.143. The van der Waals surface area contributed by atoms with Gasteiger partial charge >= 0.3 is 12.1 Å². The van der Waals surface area contributed by atoms with Gasteiger partial charge in [-0.2, -0.15) is 0 Å². The number of amides is 1. The molecule has 110 valence electrons. The van der Waals surface area contributed by atoms with Gasteiger partial charge < -0.3 is 9.84 Å². The first-order chi connectivity index (χ1) is 8.52. The Hall–Kier alpha value is -1.26. The van der Waals surface area contributed by atoms with E-state index in [-0.39, 0.29) is 5.41 Å². The van der Waals surface area contributed by atoms with Gasteiger partial charge in [0.1, 0.15) is 11.6 Å². The summed E-state index contributed by atoms with van der Waals surface area (Å²) in [4.78, 5) is 24.8. The smallest absolute Gasteiger partial charge is 0.411 e. The minimum atomic E-state index is -0.955. The predicted molar refractivity (Wildman–Crippen MR) is 72.0 cm³/mol. The summed E-state index contributed by atoms with van der Waals surface area (Å²) in [5, 5.41) is 9.30. The van der Waals surface area contributed by atoms with Crippen molar-refractivity contribution in [2.75, 3.05) is 6.54 Å². The molecule has 0 bridgehead atoms. The van der Waals surface area contributed by atoms with Crippen LogP contribution in [0.15, 0.2) is 0 Å². The van der Waals surface area contributed by atoms with Crippen molar-refractivity contribution in [2.24, 2.45) is 5.41 Å². The Kier molecular flexibility index (Phi) is 4.48. The summed E-state index contributed by atoms with van der Waals surface area (Å²) in [6.07, 6.45) is 1.53. The zero-order valence-corrected chi connectivity index (χ0v) is 12.5. The van der Waals surface area contributed by atoms with E-state index in [4.69, 9.17) is 4.74 Å². The van der Waals surface area contributed by atoms with Crippen molar-refractivity contribution in [3.63, 3.8) is 0 Å². The molecule has 19 heavy (non-hydrogen) atoms. The maximum atomic E-state index is 12.1. The third-order valence-corrected chi connectivity index (χ3v) is 3.41. The highest BCUT2D eigenvalue weighted by atomic mass is 16.6. The van der Waals surface area contributed by atoms with Crippen LogP contribution in [0, 0.1) is 5.41 Å². The number of hydrogen-bond donors (Lipinski definition) is 1. The van der Waals surface area contributed by atoms with Gasteiger partial charge in [0.15, 0.2) is 0 Å². The first kappa shape index (κ1) is 15.8. The summed E-state index contributed by atoms with van der Waals surface area (Å²) < 4.78 is 5.30. The van der Waals surface area contributed by atoms with Crippen molar-refractivity contribution in [1.82, 2.24) is 4.90 Å². The SMILES string of the molecule is CC1(C)CCC(C(=O)O)N(C(=O)OC(C)(C)C)CC1. The molecule has 0 saturated carbocycles. The number of likely N-dealkylation sites (tertiary alicyclic amines) is 1. The van der Waals surface area contributed by atoms with E-state index in [0.717, 1.165) is 12.8 Å². The first-order valence-corrected chi connectivity index (χ1v) is 6.74. The Balaban J connectivity index is 2.87. The molecule has 1 unspecified atom stereocenters. The molecule has 1 heterocycles. The van der Waals surface area contributed by atoms with Crippen LogP contribution in [-0.2, 0) is 9.53 Å². The van der Waals surface area contributed by atoms with E-state index in [1.165, 1.54) is 4.90 Å². The van der Waals surface area contributed by atoms with Gasteiger partial charge in [0.2, 0.25) is 0 Å². The molecule has 1 amide bonds. The number of carbonyl (C=O) groups excluding carboxylic acids is 1. The lowest BCUT2D eigenvalue weighted by Gasteiger charge is -2.30. The summed E-state index contributed by atoms with van der Waals surface area (Å²) in [6.45, 7) is 9.97. The Labute approximate surface area is 114 Å². The van der Waals surface area contributed by atoms with Crippen LogP contribution in [0.1, 0.15) is 53.9 Å². The second-order valence-corrected chi connectivity index (χ2v) is 6.98. The molecule has 0 aromatic heterocycles. The molecule has 0 aromatic carbocycles. The van der Waals surface area contributed by atoms with Crippen LogP contribution in [0.4, 0.5) is 4.79 Å². The quantitative estimate of drug-likeness (QED) is 0.796. The van der Waals surface area contributed by atoms with E-state index in [1.807, 2.05) is 0 Å². The molecule has 1 N–H and O–H groups in total. The van der Waals surface area contributed by atoms with Crippen molar-refractivity contribution in [1.29, 1.82) is 0 Å². The Morgan fingerprint density at radius 1 is 1.26 bits per heavy atom. The number of carbonyl (C=O) groups is 2. The van der Waals surface area contributed by atoms with Crippen molar-refractivity contribution in [3.05, 3.63) is 0 Å². The lowest BCUT2D eigenvalue weighted by atomic mass is 9.85. The molecule has 5 heteroatoms. The number of hydrogen-bond acceptors (Lipinski definition) is 3. The number of nitrogens with zero attached hydrogens (tertiary/aromatic N) is 1. The molecule has 1 aliphatic heterocycles. The highest BCUT2D eigenvalue weighted by Gasteiger charge is 2.37. The third-order valence-electron chi connectivity index (χ3n) is 3.41. The van der Waals surface area contributed by atoms with Crippen LogP contribution in [0.5, 0.6) is 0 Å². The van der Waals surface area contributed by atoms with Crippen molar-refractivity contribution in [3.8, 4) is 0 Å². The standard InChI is InChI=1S/C14H25NO4/c1-13(2,3)19-12(18)15-9-8-14(4,5)7-6-10(15)11(16)17/h10H,6-9H2,1-5H3,(H,16,17). The van der Waals surface area contributed by atoms with Crippen molar-refractivity contribution in [2.45, 2.75) is 65.5 Å². The zero-order chi connectivity index (χ0) is 14.8. The van der Waals surface area contributed by atoms with Crippen molar-refractivity contribution >= 4 is 12.1 Å². The van der Waals surface area contributed by atoms with Gasteiger partial charge in [0, 0.05) is 6.54 Å². The average molecular weight is 271 g/mol. The second kappa shape index (κ2) is 5.39. The van der Waals surface area contributed by atoms with E-state index < -0.39 is 23.7 Å². The Morgan fingerprint density at radius 3 is 2.32 bits per heavy atom. The highest BCUT2D eigenvalue weighted by Crippen LogP contribution is 2.33. The largest absolute Gasteiger partial charge is 0.480 e. The molecule has 0 aromatic rings. The second-order valence-electron chi connectivity index (χ2n) is 6.98. The first-order valence-electron chi connectivity index (χ1n) is 6.74. The number of carboxylic acid groups (broad SMARTS) is 1. The molecule has 5 nitrogen and oxygen atoms in total. The molecule has 1 rings (SSSR count). The minimum Gasteiger partial charge on any atom is -0.480 e. The molecule has 1 atom stereocenters. The monoisotopic (exact) mass is 271 g/mol. The van der Waals surface area contributed by atoms with Crippen LogP contribution in [0.25, 0.3) is 0 Å². The van der Waals surface area contributed by atoms with Crippen LogP contribution >= 0.6 is 0 Å². The van der Waals surface area contributed by atoms with E-state index >= 15 is 0 Å². The third kappa shape index (κ3) is 4.73. The minimum absolute atomic E-state index is 0.0600. The summed E-state index contributed by atoms with van der Waals surface area (Å²) in [7, 11) is 0. The van der Waals surface area contributed by atoms with E-state index in [9.17, 15) is 14.7 Å². The number of ether oxygens (including phenoxy) is 1.